The van der Waals surface area contributed by atoms with E-state index in [-0.39, 0.29) is 0 Å². The van der Waals surface area contributed by atoms with Crippen LogP contribution in [0, 0.1) is 6.92 Å². The van der Waals surface area contributed by atoms with Gasteiger partial charge in [0.1, 0.15) is 0 Å². The number of hydrogen-bond acceptors (Lipinski definition) is 4. The van der Waals surface area contributed by atoms with E-state index in [0.717, 1.165) is 6.42 Å². The fourth-order valence-electron chi connectivity index (χ4n) is 0.0833. The van der Waals surface area contributed by atoms with Gasteiger partial charge in [0.05, 0.1) is 14.2 Å². The van der Waals surface area contributed by atoms with Gasteiger partial charge in [-0.05, 0) is 0 Å². The number of hydrogen-bond donors (Lipinski definition) is 2. The lowest BCUT2D eigenvalue weighted by Gasteiger charge is -1.89. The molecule has 0 heterocycles. The molecular weight excluding hydrogens is 180 g/mol. The van der Waals surface area contributed by atoms with Gasteiger partial charge in [0.25, 0.3) is 0 Å². The SMILES string of the molecule is COC(=O)OC.O=C(O)O.[CH2]CC. The van der Waals surface area contributed by atoms with Gasteiger partial charge in [-0.3, -0.25) is 0 Å². The third-order valence-electron chi connectivity index (χ3n) is 0.333. The second-order valence-electron chi connectivity index (χ2n) is 1.44. The van der Waals surface area contributed by atoms with Gasteiger partial charge in [-0.15, -0.1) is 0 Å². The molecule has 0 aliphatic carbocycles. The van der Waals surface area contributed by atoms with Crippen LogP contribution in [0.1, 0.15) is 13.3 Å². The van der Waals surface area contributed by atoms with E-state index in [2.05, 4.69) is 16.4 Å². The molecule has 0 atom stereocenters. The molecule has 0 aromatic carbocycles. The molecule has 79 valence electrons. The fourth-order valence-corrected chi connectivity index (χ4v) is 0.0833. The van der Waals surface area contributed by atoms with Gasteiger partial charge in [0, 0.05) is 0 Å². The molecule has 0 aromatic heterocycles. The largest absolute Gasteiger partial charge is 0.507 e. The van der Waals surface area contributed by atoms with Gasteiger partial charge in [0.15, 0.2) is 0 Å². The van der Waals surface area contributed by atoms with Crippen molar-refractivity contribution in [3.63, 3.8) is 0 Å². The maximum Gasteiger partial charge on any atom is 0.507 e. The van der Waals surface area contributed by atoms with Crippen LogP contribution in [0.2, 0.25) is 0 Å². The molecule has 0 aliphatic rings. The molecule has 6 heteroatoms. The summed E-state index contributed by atoms with van der Waals surface area (Å²) in [5, 5.41) is 13.9. The van der Waals surface area contributed by atoms with Crippen LogP contribution in [0.3, 0.4) is 0 Å². The average Bonchev–Trinajstić information content (AvgIpc) is 2.03. The minimum absolute atomic E-state index is 0.657. The predicted octanol–water partition coefficient (Wildman–Crippen LogP) is 1.85. The van der Waals surface area contributed by atoms with Gasteiger partial charge < -0.3 is 19.7 Å². The molecule has 0 aromatic rings. The number of carbonyl (C=O) groups is 2. The molecule has 0 spiro atoms. The summed E-state index contributed by atoms with van der Waals surface area (Å²) in [5.41, 5.74) is 0. The first-order valence-electron chi connectivity index (χ1n) is 3.29. The summed E-state index contributed by atoms with van der Waals surface area (Å²) in [7, 11) is 2.51. The second-order valence-corrected chi connectivity index (χ2v) is 1.44. The first-order valence-corrected chi connectivity index (χ1v) is 3.29. The Bertz CT molecular complexity index is 112. The molecule has 0 amide bonds. The van der Waals surface area contributed by atoms with E-state index in [0.29, 0.717) is 0 Å². The molecule has 0 saturated carbocycles. The van der Waals surface area contributed by atoms with Crippen molar-refractivity contribution in [2.24, 2.45) is 0 Å². The zero-order chi connectivity index (χ0) is 11.3. The Kier molecular flexibility index (Phi) is 22.8. The van der Waals surface area contributed by atoms with Crippen molar-refractivity contribution in [2.75, 3.05) is 14.2 Å². The molecule has 0 saturated heterocycles. The molecule has 1 radical (unpaired) electrons. The first-order chi connectivity index (χ1) is 5.95. The topological polar surface area (TPSA) is 93.1 Å². The second kappa shape index (κ2) is 16.9. The highest BCUT2D eigenvalue weighted by Crippen LogP contribution is 1.72. The van der Waals surface area contributed by atoms with Crippen molar-refractivity contribution in [1.29, 1.82) is 0 Å². The van der Waals surface area contributed by atoms with Crippen molar-refractivity contribution < 1.29 is 29.3 Å². The van der Waals surface area contributed by atoms with Crippen LogP contribution in [0.25, 0.3) is 0 Å². The van der Waals surface area contributed by atoms with Crippen LogP contribution in [0.4, 0.5) is 9.59 Å². The summed E-state index contributed by atoms with van der Waals surface area (Å²) in [5.74, 6) is 0. The Balaban J connectivity index is -0.000000125. The zero-order valence-corrected chi connectivity index (χ0v) is 7.94. The highest BCUT2D eigenvalue weighted by Gasteiger charge is 1.88. The molecule has 0 rings (SSSR count). The van der Waals surface area contributed by atoms with Crippen molar-refractivity contribution in [2.45, 2.75) is 13.3 Å². The molecule has 0 unspecified atom stereocenters. The summed E-state index contributed by atoms with van der Waals surface area (Å²) in [6.45, 7) is 5.50. The van der Waals surface area contributed by atoms with Crippen molar-refractivity contribution >= 4 is 12.3 Å². The molecule has 13 heavy (non-hydrogen) atoms. The van der Waals surface area contributed by atoms with Crippen molar-refractivity contribution in [3.05, 3.63) is 6.92 Å². The lowest BCUT2D eigenvalue weighted by Crippen LogP contribution is -1.97. The zero-order valence-electron chi connectivity index (χ0n) is 7.94. The van der Waals surface area contributed by atoms with E-state index in [4.69, 9.17) is 15.0 Å². The number of ether oxygens (including phenoxy) is 2. The summed E-state index contributed by atoms with van der Waals surface area (Å²) in [6.07, 6.45) is -1.49. The monoisotopic (exact) mass is 195 g/mol. The van der Waals surface area contributed by atoms with Crippen LogP contribution in [0.15, 0.2) is 0 Å². The minimum atomic E-state index is -1.83. The lowest BCUT2D eigenvalue weighted by molar-refractivity contribution is 0.0924. The maximum absolute atomic E-state index is 9.74. The molecule has 0 aliphatic heterocycles. The average molecular weight is 195 g/mol. The quantitative estimate of drug-likeness (QED) is 0.573. The number of carboxylic acid groups (broad SMARTS) is 2. The summed E-state index contributed by atoms with van der Waals surface area (Å²) < 4.78 is 8.08. The van der Waals surface area contributed by atoms with E-state index >= 15 is 0 Å². The Morgan fingerprint density at radius 2 is 1.38 bits per heavy atom. The first kappa shape index (κ1) is 17.6. The van der Waals surface area contributed by atoms with E-state index < -0.39 is 12.3 Å². The highest BCUT2D eigenvalue weighted by atomic mass is 16.7. The Morgan fingerprint density at radius 3 is 1.38 bits per heavy atom. The summed E-state index contributed by atoms with van der Waals surface area (Å²) in [6, 6.07) is 0. The van der Waals surface area contributed by atoms with E-state index in [9.17, 15) is 4.79 Å². The van der Waals surface area contributed by atoms with E-state index in [1.807, 2.05) is 6.92 Å². The van der Waals surface area contributed by atoms with Crippen LogP contribution >= 0.6 is 0 Å². The van der Waals surface area contributed by atoms with Crippen molar-refractivity contribution in [1.82, 2.24) is 0 Å². The Labute approximate surface area is 77.1 Å². The van der Waals surface area contributed by atoms with Crippen molar-refractivity contribution in [3.8, 4) is 0 Å². The smallest absolute Gasteiger partial charge is 0.450 e. The van der Waals surface area contributed by atoms with Gasteiger partial charge in [-0.1, -0.05) is 20.3 Å². The van der Waals surface area contributed by atoms with Gasteiger partial charge in [-0.25, -0.2) is 9.59 Å². The van der Waals surface area contributed by atoms with E-state index in [1.54, 1.807) is 0 Å². The number of rotatable bonds is 0. The fraction of sp³-hybridized carbons (Fsp3) is 0.571. The van der Waals surface area contributed by atoms with Crippen LogP contribution in [0.5, 0.6) is 0 Å². The Hall–Kier alpha value is -1.46. The van der Waals surface area contributed by atoms with Gasteiger partial charge in [-0.2, -0.15) is 0 Å². The molecule has 2 N–H and O–H groups in total. The molecular formula is C7H15O6. The molecule has 0 fully saturated rings. The standard InChI is InChI=1S/C3H6O3.C3H7.CH2O3/c1-5-3(4)6-2;1-3-2;2-1(3)4/h1-2H3;1,3H2,2H3;(H2,2,3,4). The van der Waals surface area contributed by atoms with Crippen LogP contribution in [-0.2, 0) is 9.47 Å². The van der Waals surface area contributed by atoms with Gasteiger partial charge in [0.2, 0.25) is 0 Å². The maximum atomic E-state index is 9.74. The van der Waals surface area contributed by atoms with Crippen LogP contribution < -0.4 is 0 Å². The third kappa shape index (κ3) is 119. The Morgan fingerprint density at radius 1 is 1.23 bits per heavy atom. The summed E-state index contributed by atoms with van der Waals surface area (Å²) in [4.78, 5) is 18.3. The number of carbonyl (C=O) groups excluding carboxylic acids is 1. The molecule has 6 nitrogen and oxygen atoms in total. The highest BCUT2D eigenvalue weighted by molar-refractivity contribution is 5.59. The minimum Gasteiger partial charge on any atom is -0.450 e. The third-order valence-corrected chi connectivity index (χ3v) is 0.333. The van der Waals surface area contributed by atoms with Gasteiger partial charge >= 0.3 is 12.3 Å². The number of methoxy groups -OCH3 is 2. The normalized spacial score (nSPS) is 6.46. The lowest BCUT2D eigenvalue weighted by atomic mass is 10.6. The predicted molar refractivity (Wildman–Crippen MR) is 45.7 cm³/mol. The van der Waals surface area contributed by atoms with E-state index in [1.165, 1.54) is 14.2 Å². The summed E-state index contributed by atoms with van der Waals surface area (Å²) >= 11 is 0. The van der Waals surface area contributed by atoms with Crippen LogP contribution in [-0.4, -0.2) is 36.7 Å². The molecule has 0 bridgehead atoms.